The molecule has 0 saturated heterocycles. The Balaban J connectivity index is 2.78. The number of aromatic nitrogens is 2. The number of benzene rings is 1. The van der Waals surface area contributed by atoms with Crippen LogP contribution in [0.5, 0.6) is 0 Å². The molecule has 3 rings (SSSR count). The van der Waals surface area contributed by atoms with Crippen molar-refractivity contribution in [1.82, 2.24) is 9.55 Å². The number of hydrogen-bond donors (Lipinski definition) is 1. The van der Waals surface area contributed by atoms with Gasteiger partial charge >= 0.3 is 5.63 Å². The highest BCUT2D eigenvalue weighted by Crippen LogP contribution is 2.21. The van der Waals surface area contributed by atoms with E-state index in [9.17, 15) is 4.79 Å². The van der Waals surface area contributed by atoms with Gasteiger partial charge in [0.15, 0.2) is 10.3 Å². The van der Waals surface area contributed by atoms with Crippen LogP contribution in [0.2, 0.25) is 0 Å². The van der Waals surface area contributed by atoms with Crippen LogP contribution in [0.15, 0.2) is 33.5 Å². The van der Waals surface area contributed by atoms with E-state index in [0.29, 0.717) is 15.9 Å². The van der Waals surface area contributed by atoms with E-state index in [2.05, 4.69) is 4.98 Å². The summed E-state index contributed by atoms with van der Waals surface area (Å²) in [5.74, 6) is 0. The van der Waals surface area contributed by atoms with E-state index in [1.807, 2.05) is 25.2 Å². The van der Waals surface area contributed by atoms with Gasteiger partial charge in [0, 0.05) is 12.4 Å². The average molecular weight is 232 g/mol. The molecule has 1 aromatic carbocycles. The number of aromatic amines is 1. The van der Waals surface area contributed by atoms with E-state index in [1.165, 1.54) is 0 Å². The normalized spacial score (nSPS) is 11.3. The fraction of sp³-hybridized carbons (Fsp3) is 0.0909. The zero-order valence-corrected chi connectivity index (χ0v) is 9.30. The quantitative estimate of drug-likeness (QED) is 0.478. The number of nitrogens with one attached hydrogen (secondary N) is 1. The predicted molar refractivity (Wildman–Crippen MR) is 64.1 cm³/mol. The third-order valence-electron chi connectivity index (χ3n) is 2.66. The molecule has 4 nitrogen and oxygen atoms in total. The van der Waals surface area contributed by atoms with Crippen LogP contribution in [0, 0.1) is 4.77 Å². The highest BCUT2D eigenvalue weighted by atomic mass is 32.1. The molecule has 0 fully saturated rings. The maximum absolute atomic E-state index is 11.7. The molecule has 0 radical (unpaired) electrons. The summed E-state index contributed by atoms with van der Waals surface area (Å²) >= 11 is 5.10. The second-order valence-electron chi connectivity index (χ2n) is 3.60. The lowest BCUT2D eigenvalue weighted by atomic mass is 10.2. The van der Waals surface area contributed by atoms with Crippen molar-refractivity contribution < 1.29 is 4.42 Å². The van der Waals surface area contributed by atoms with E-state index in [1.54, 1.807) is 10.6 Å². The zero-order valence-electron chi connectivity index (χ0n) is 8.48. The molecular formula is C11H8N2O2S. The third kappa shape index (κ3) is 1.09. The van der Waals surface area contributed by atoms with Crippen LogP contribution >= 0.6 is 12.2 Å². The number of hydrogen-bond acceptors (Lipinski definition) is 3. The van der Waals surface area contributed by atoms with Gasteiger partial charge in [0.2, 0.25) is 0 Å². The van der Waals surface area contributed by atoms with Gasteiger partial charge in [-0.3, -0.25) is 0 Å². The van der Waals surface area contributed by atoms with E-state index >= 15 is 0 Å². The van der Waals surface area contributed by atoms with Gasteiger partial charge in [-0.25, -0.2) is 4.79 Å². The molecular weight excluding hydrogens is 224 g/mol. The molecule has 1 N–H and O–H groups in total. The summed E-state index contributed by atoms with van der Waals surface area (Å²) in [6.07, 6.45) is 0. The standard InChI is InChI=1S/C11H8N2O2S/c1-13-9-6-4-2-3-5-7(6)15-10(14)8(9)12-11(13)16/h2-5H,1H3,(H,12,16). The van der Waals surface area contributed by atoms with E-state index in [4.69, 9.17) is 16.6 Å². The molecule has 0 atom stereocenters. The van der Waals surface area contributed by atoms with Gasteiger partial charge in [-0.1, -0.05) is 12.1 Å². The molecule has 2 aromatic heterocycles. The Bertz CT molecular complexity index is 810. The van der Waals surface area contributed by atoms with Crippen LogP contribution in [0.25, 0.3) is 22.0 Å². The van der Waals surface area contributed by atoms with Crippen molar-refractivity contribution in [3.05, 3.63) is 39.5 Å². The minimum absolute atomic E-state index is 0.389. The molecule has 0 aliphatic heterocycles. The number of nitrogens with zero attached hydrogens (tertiary/aromatic N) is 1. The van der Waals surface area contributed by atoms with Gasteiger partial charge < -0.3 is 14.0 Å². The highest BCUT2D eigenvalue weighted by Gasteiger charge is 2.11. The Morgan fingerprint density at radius 3 is 2.94 bits per heavy atom. The molecule has 0 aliphatic carbocycles. The Morgan fingerprint density at radius 1 is 1.38 bits per heavy atom. The first-order valence-electron chi connectivity index (χ1n) is 4.79. The number of imidazole rings is 1. The lowest BCUT2D eigenvalue weighted by Gasteiger charge is -1.99. The lowest BCUT2D eigenvalue weighted by molar-refractivity contribution is 0.568. The first-order chi connectivity index (χ1) is 7.68. The minimum atomic E-state index is -0.389. The second kappa shape index (κ2) is 3.05. The monoisotopic (exact) mass is 232 g/mol. The van der Waals surface area contributed by atoms with Gasteiger partial charge in [0.25, 0.3) is 0 Å². The minimum Gasteiger partial charge on any atom is -0.421 e. The van der Waals surface area contributed by atoms with Gasteiger partial charge in [0.1, 0.15) is 5.58 Å². The molecule has 0 bridgehead atoms. The van der Waals surface area contributed by atoms with Gasteiger partial charge in [-0.15, -0.1) is 0 Å². The van der Waals surface area contributed by atoms with Crippen LogP contribution in [0.1, 0.15) is 0 Å². The van der Waals surface area contributed by atoms with Crippen molar-refractivity contribution >= 4 is 34.2 Å². The van der Waals surface area contributed by atoms with E-state index in [-0.39, 0.29) is 5.63 Å². The summed E-state index contributed by atoms with van der Waals surface area (Å²) in [7, 11) is 1.83. The number of H-pyrrole nitrogens is 1. The summed E-state index contributed by atoms with van der Waals surface area (Å²) in [6, 6.07) is 7.41. The van der Waals surface area contributed by atoms with Crippen LogP contribution in [0.4, 0.5) is 0 Å². The van der Waals surface area contributed by atoms with Gasteiger partial charge in [0.05, 0.1) is 5.52 Å². The molecule has 2 heterocycles. The summed E-state index contributed by atoms with van der Waals surface area (Å²) in [4.78, 5) is 14.6. The maximum atomic E-state index is 11.7. The molecule has 3 aromatic rings. The first-order valence-corrected chi connectivity index (χ1v) is 5.20. The van der Waals surface area contributed by atoms with Crippen molar-refractivity contribution in [2.24, 2.45) is 7.05 Å². The van der Waals surface area contributed by atoms with Crippen molar-refractivity contribution in [3.63, 3.8) is 0 Å². The molecule has 5 heteroatoms. The average Bonchev–Trinajstić information content (AvgIpc) is 2.57. The van der Waals surface area contributed by atoms with Crippen molar-refractivity contribution in [1.29, 1.82) is 0 Å². The predicted octanol–water partition coefficient (Wildman–Crippen LogP) is 2.34. The molecule has 80 valence electrons. The zero-order chi connectivity index (χ0) is 11.3. The van der Waals surface area contributed by atoms with Crippen molar-refractivity contribution in [3.8, 4) is 0 Å². The SMILES string of the molecule is Cn1c(=S)[nH]c2c(=O)oc3ccccc3c21. The van der Waals surface area contributed by atoms with Crippen LogP contribution in [0.3, 0.4) is 0 Å². The summed E-state index contributed by atoms with van der Waals surface area (Å²) in [5.41, 5.74) is 1.40. The molecule has 0 saturated carbocycles. The Hall–Kier alpha value is -1.88. The van der Waals surface area contributed by atoms with Crippen molar-refractivity contribution in [2.75, 3.05) is 0 Å². The molecule has 0 unspecified atom stereocenters. The van der Waals surface area contributed by atoms with Gasteiger partial charge in [-0.2, -0.15) is 0 Å². The van der Waals surface area contributed by atoms with E-state index < -0.39 is 0 Å². The number of aryl methyl sites for hydroxylation is 1. The summed E-state index contributed by atoms with van der Waals surface area (Å²) < 4.78 is 7.49. The molecule has 0 aliphatic rings. The topological polar surface area (TPSA) is 50.9 Å². The molecule has 0 amide bonds. The lowest BCUT2D eigenvalue weighted by Crippen LogP contribution is -2.00. The highest BCUT2D eigenvalue weighted by molar-refractivity contribution is 7.71. The van der Waals surface area contributed by atoms with Crippen LogP contribution in [-0.4, -0.2) is 9.55 Å². The summed E-state index contributed by atoms with van der Waals surface area (Å²) in [6.45, 7) is 0. The smallest absolute Gasteiger partial charge is 0.362 e. The fourth-order valence-electron chi connectivity index (χ4n) is 1.88. The van der Waals surface area contributed by atoms with Crippen molar-refractivity contribution in [2.45, 2.75) is 0 Å². The Labute approximate surface area is 95.1 Å². The third-order valence-corrected chi connectivity index (χ3v) is 3.03. The van der Waals surface area contributed by atoms with Gasteiger partial charge in [-0.05, 0) is 24.4 Å². The number of rotatable bonds is 0. The van der Waals surface area contributed by atoms with E-state index in [0.717, 1.165) is 10.9 Å². The first kappa shape index (κ1) is 9.35. The maximum Gasteiger partial charge on any atom is 0.362 e. The summed E-state index contributed by atoms with van der Waals surface area (Å²) in [5, 5.41) is 0.881. The Kier molecular flexibility index (Phi) is 1.79. The molecule has 16 heavy (non-hydrogen) atoms. The second-order valence-corrected chi connectivity index (χ2v) is 3.99. The molecule has 0 spiro atoms. The van der Waals surface area contributed by atoms with Crippen LogP contribution in [-0.2, 0) is 7.05 Å². The largest absolute Gasteiger partial charge is 0.421 e. The number of fused-ring (bicyclic) bond motifs is 3. The number of para-hydroxylation sites is 1. The fourth-order valence-corrected chi connectivity index (χ4v) is 2.08. The van der Waals surface area contributed by atoms with Crippen LogP contribution < -0.4 is 5.63 Å². The Morgan fingerprint density at radius 2 is 2.12 bits per heavy atom.